The molecule has 6 nitrogen and oxygen atoms in total. The number of aromatic nitrogens is 4. The first-order valence-electron chi connectivity index (χ1n) is 6.48. The zero-order valence-electron chi connectivity index (χ0n) is 11.1. The van der Waals surface area contributed by atoms with Gasteiger partial charge < -0.3 is 10.5 Å². The number of imidazole rings is 1. The Morgan fingerprint density at radius 3 is 2.90 bits per heavy atom. The normalized spacial score (nSPS) is 30.2. The van der Waals surface area contributed by atoms with E-state index in [0.717, 1.165) is 6.42 Å². The van der Waals surface area contributed by atoms with Gasteiger partial charge in [0, 0.05) is 5.92 Å². The molecule has 1 fully saturated rings. The topological polar surface area (TPSA) is 78.9 Å². The van der Waals surface area contributed by atoms with Crippen molar-refractivity contribution in [2.24, 2.45) is 5.92 Å². The number of hydrogen-bond acceptors (Lipinski definition) is 5. The first-order chi connectivity index (χ1) is 9.52. The Morgan fingerprint density at radius 1 is 1.50 bits per heavy atom. The third-order valence-electron chi connectivity index (χ3n) is 3.77. The number of anilines is 1. The van der Waals surface area contributed by atoms with E-state index < -0.39 is 12.4 Å². The van der Waals surface area contributed by atoms with Crippen LogP contribution in [0.2, 0.25) is 5.28 Å². The number of alkyl halides is 1. The van der Waals surface area contributed by atoms with Crippen LogP contribution in [0.25, 0.3) is 11.2 Å². The van der Waals surface area contributed by atoms with Crippen molar-refractivity contribution in [3.05, 3.63) is 11.6 Å². The zero-order valence-corrected chi connectivity index (χ0v) is 11.9. The average molecular weight is 300 g/mol. The van der Waals surface area contributed by atoms with Crippen LogP contribution in [0.1, 0.15) is 26.5 Å². The third-order valence-corrected chi connectivity index (χ3v) is 3.94. The van der Waals surface area contributed by atoms with Crippen LogP contribution in [0.3, 0.4) is 0 Å². The molecule has 0 aromatic carbocycles. The second kappa shape index (κ2) is 4.82. The summed E-state index contributed by atoms with van der Waals surface area (Å²) >= 11 is 5.80. The number of hydrogen-bond donors (Lipinski definition) is 1. The summed E-state index contributed by atoms with van der Waals surface area (Å²) in [5, 5.41) is 0.00486. The summed E-state index contributed by atoms with van der Waals surface area (Å²) in [4.78, 5) is 12.0. The molecule has 20 heavy (non-hydrogen) atoms. The van der Waals surface area contributed by atoms with Gasteiger partial charge in [-0.3, -0.25) is 4.57 Å². The van der Waals surface area contributed by atoms with Gasteiger partial charge in [-0.2, -0.15) is 9.97 Å². The number of nitrogens with two attached hydrogens (primary N) is 1. The quantitative estimate of drug-likeness (QED) is 0.861. The second-order valence-corrected chi connectivity index (χ2v) is 5.32. The van der Waals surface area contributed by atoms with Gasteiger partial charge in [0.05, 0.1) is 12.4 Å². The summed E-state index contributed by atoms with van der Waals surface area (Å²) < 4.78 is 21.7. The summed E-state index contributed by atoms with van der Waals surface area (Å²) in [5.74, 6) is -0.00986. The highest BCUT2D eigenvalue weighted by Gasteiger charge is 2.43. The zero-order chi connectivity index (χ0) is 14.4. The third kappa shape index (κ3) is 1.92. The standard InChI is InChI=1S/C12H15ClFN5O/c1-3-6-5(2)7(14)11(20-6)19-4-16-8-9(15)17-12(13)18-10(8)19/h4-7,11H,3H2,1-2H3,(H2,15,17,18)/t5?,6-,7-,11+/m1/s1. The Kier molecular flexibility index (Phi) is 3.25. The Balaban J connectivity index is 2.07. The number of nitrogen functional groups attached to an aromatic ring is 1. The van der Waals surface area contributed by atoms with E-state index >= 15 is 0 Å². The number of rotatable bonds is 2. The van der Waals surface area contributed by atoms with Gasteiger partial charge in [-0.1, -0.05) is 13.8 Å². The molecule has 1 unspecified atom stereocenters. The minimum absolute atomic E-state index is 0.00486. The minimum Gasteiger partial charge on any atom is -0.382 e. The molecule has 2 aromatic rings. The predicted molar refractivity (Wildman–Crippen MR) is 73.0 cm³/mol. The van der Waals surface area contributed by atoms with Crippen LogP contribution in [0.15, 0.2) is 6.33 Å². The molecule has 0 bridgehead atoms. The van der Waals surface area contributed by atoms with Crippen molar-refractivity contribution >= 4 is 28.6 Å². The minimum atomic E-state index is -1.13. The lowest BCUT2D eigenvalue weighted by atomic mass is 10.00. The van der Waals surface area contributed by atoms with E-state index in [0.29, 0.717) is 11.2 Å². The summed E-state index contributed by atoms with van der Waals surface area (Å²) in [6, 6.07) is 0. The Bertz CT molecular complexity index is 648. The lowest BCUT2D eigenvalue weighted by Gasteiger charge is -2.15. The van der Waals surface area contributed by atoms with Crippen LogP contribution in [-0.4, -0.2) is 31.8 Å². The molecular formula is C12H15ClFN5O. The highest BCUT2D eigenvalue weighted by atomic mass is 35.5. The van der Waals surface area contributed by atoms with Gasteiger partial charge in [0.15, 0.2) is 23.9 Å². The monoisotopic (exact) mass is 299 g/mol. The van der Waals surface area contributed by atoms with Gasteiger partial charge in [0.1, 0.15) is 5.52 Å². The number of fused-ring (bicyclic) bond motifs is 1. The summed E-state index contributed by atoms with van der Waals surface area (Å²) in [6.45, 7) is 3.81. The van der Waals surface area contributed by atoms with E-state index in [1.54, 1.807) is 0 Å². The van der Waals surface area contributed by atoms with Crippen molar-refractivity contribution in [1.29, 1.82) is 0 Å². The Labute approximate surface area is 120 Å². The highest BCUT2D eigenvalue weighted by molar-refractivity contribution is 6.28. The maximum Gasteiger partial charge on any atom is 0.226 e. The fraction of sp³-hybridized carbons (Fsp3) is 0.583. The summed E-state index contributed by atoms with van der Waals surface area (Å²) in [7, 11) is 0. The fourth-order valence-electron chi connectivity index (χ4n) is 2.63. The van der Waals surface area contributed by atoms with Crippen molar-refractivity contribution in [1.82, 2.24) is 19.5 Å². The van der Waals surface area contributed by atoms with E-state index in [2.05, 4.69) is 15.0 Å². The van der Waals surface area contributed by atoms with Crippen molar-refractivity contribution in [3.8, 4) is 0 Å². The molecule has 2 aromatic heterocycles. The van der Waals surface area contributed by atoms with E-state index in [-0.39, 0.29) is 23.1 Å². The second-order valence-electron chi connectivity index (χ2n) is 4.98. The molecule has 4 atom stereocenters. The molecule has 0 aliphatic carbocycles. The molecule has 3 rings (SSSR count). The number of halogens is 2. The van der Waals surface area contributed by atoms with E-state index in [4.69, 9.17) is 22.1 Å². The van der Waals surface area contributed by atoms with Crippen LogP contribution in [0.4, 0.5) is 10.2 Å². The lowest BCUT2D eigenvalue weighted by Crippen LogP contribution is -2.20. The van der Waals surface area contributed by atoms with Gasteiger partial charge in [-0.05, 0) is 18.0 Å². The molecule has 1 aliphatic rings. The van der Waals surface area contributed by atoms with Crippen molar-refractivity contribution < 1.29 is 9.13 Å². The maximum absolute atomic E-state index is 14.4. The van der Waals surface area contributed by atoms with Gasteiger partial charge in [-0.15, -0.1) is 0 Å². The molecule has 0 amide bonds. The van der Waals surface area contributed by atoms with Gasteiger partial charge in [0.25, 0.3) is 0 Å². The van der Waals surface area contributed by atoms with Gasteiger partial charge in [-0.25, -0.2) is 9.37 Å². The molecule has 1 aliphatic heterocycles. The molecule has 8 heteroatoms. The van der Waals surface area contributed by atoms with E-state index in [9.17, 15) is 4.39 Å². The molecule has 0 saturated carbocycles. The first-order valence-corrected chi connectivity index (χ1v) is 6.85. The smallest absolute Gasteiger partial charge is 0.226 e. The van der Waals surface area contributed by atoms with Crippen molar-refractivity contribution in [2.75, 3.05) is 5.73 Å². The highest BCUT2D eigenvalue weighted by Crippen LogP contribution is 2.38. The Morgan fingerprint density at radius 2 is 2.25 bits per heavy atom. The maximum atomic E-state index is 14.4. The Hall–Kier alpha value is -1.47. The molecular weight excluding hydrogens is 285 g/mol. The predicted octanol–water partition coefficient (Wildman–Crippen LogP) is 2.34. The van der Waals surface area contributed by atoms with Crippen LogP contribution in [-0.2, 0) is 4.74 Å². The average Bonchev–Trinajstić information content (AvgIpc) is 2.93. The van der Waals surface area contributed by atoms with E-state index in [1.807, 2.05) is 13.8 Å². The number of ether oxygens (including phenoxy) is 1. The molecule has 1 saturated heterocycles. The van der Waals surface area contributed by atoms with Crippen LogP contribution in [0.5, 0.6) is 0 Å². The molecule has 2 N–H and O–H groups in total. The number of nitrogens with zero attached hydrogens (tertiary/aromatic N) is 4. The fourth-order valence-corrected chi connectivity index (χ4v) is 2.80. The van der Waals surface area contributed by atoms with Gasteiger partial charge >= 0.3 is 0 Å². The van der Waals surface area contributed by atoms with Crippen LogP contribution < -0.4 is 5.73 Å². The summed E-state index contributed by atoms with van der Waals surface area (Å²) in [6.07, 6.45) is 0.205. The molecule has 108 valence electrons. The van der Waals surface area contributed by atoms with Crippen LogP contribution in [0, 0.1) is 5.92 Å². The largest absolute Gasteiger partial charge is 0.382 e. The van der Waals surface area contributed by atoms with Gasteiger partial charge in [0.2, 0.25) is 5.28 Å². The molecule has 0 radical (unpaired) electrons. The lowest BCUT2D eigenvalue weighted by molar-refractivity contribution is -0.0186. The van der Waals surface area contributed by atoms with E-state index in [1.165, 1.54) is 10.9 Å². The van der Waals surface area contributed by atoms with Crippen molar-refractivity contribution in [3.63, 3.8) is 0 Å². The summed E-state index contributed by atoms with van der Waals surface area (Å²) in [5.41, 5.74) is 6.53. The molecule has 3 heterocycles. The van der Waals surface area contributed by atoms with Crippen molar-refractivity contribution in [2.45, 2.75) is 38.8 Å². The first kappa shape index (κ1) is 13.5. The van der Waals surface area contributed by atoms with Crippen LogP contribution >= 0.6 is 11.6 Å². The SMILES string of the molecule is CC[C@H]1O[C@H](n2cnc3c(N)nc(Cl)nc32)[C@H](F)C1C. The molecule has 0 spiro atoms.